The van der Waals surface area contributed by atoms with E-state index in [4.69, 9.17) is 28.3 Å². The fourth-order valence-corrected chi connectivity index (χ4v) is 3.75. The Balaban J connectivity index is 1.65. The molecule has 0 bridgehead atoms. The maximum atomic E-state index is 13.0. The van der Waals surface area contributed by atoms with Gasteiger partial charge in [0.15, 0.2) is 0 Å². The van der Waals surface area contributed by atoms with Crippen LogP contribution in [0.15, 0.2) is 48.7 Å². The van der Waals surface area contributed by atoms with Gasteiger partial charge in [-0.25, -0.2) is 14.6 Å². The summed E-state index contributed by atoms with van der Waals surface area (Å²) in [5.41, 5.74) is 1.79. The summed E-state index contributed by atoms with van der Waals surface area (Å²) < 4.78 is 0. The molecule has 2 N–H and O–H groups in total. The Bertz CT molecular complexity index is 1150. The van der Waals surface area contributed by atoms with Crippen molar-refractivity contribution in [3.05, 3.63) is 69.8 Å². The van der Waals surface area contributed by atoms with Crippen molar-refractivity contribution < 1.29 is 14.7 Å². The number of aromatic carboxylic acids is 1. The Morgan fingerprint density at radius 3 is 2.57 bits per heavy atom. The second-order valence-electron chi connectivity index (χ2n) is 6.55. The number of fused-ring (bicyclic) bond motifs is 1. The summed E-state index contributed by atoms with van der Waals surface area (Å²) in [5.74, 6) is -0.361. The predicted molar refractivity (Wildman–Crippen MR) is 115 cm³/mol. The molecule has 2 aromatic carbocycles. The van der Waals surface area contributed by atoms with E-state index in [0.29, 0.717) is 32.8 Å². The lowest BCUT2D eigenvalue weighted by molar-refractivity contribution is 0.0697. The molecule has 2 amide bonds. The molecule has 3 aromatic rings. The van der Waals surface area contributed by atoms with Crippen molar-refractivity contribution in [3.63, 3.8) is 0 Å². The van der Waals surface area contributed by atoms with E-state index in [1.54, 1.807) is 43.6 Å². The van der Waals surface area contributed by atoms with Crippen LogP contribution in [0.2, 0.25) is 10.0 Å². The van der Waals surface area contributed by atoms with E-state index in [0.717, 1.165) is 0 Å². The third-order valence-electron chi connectivity index (χ3n) is 4.58. The lowest BCUT2D eigenvalue weighted by Crippen LogP contribution is -2.46. The predicted octanol–water partition coefficient (Wildman–Crippen LogP) is 4.80. The average Bonchev–Trinajstić information content (AvgIpc) is 2.72. The zero-order valence-corrected chi connectivity index (χ0v) is 17.1. The van der Waals surface area contributed by atoms with Gasteiger partial charge in [-0.2, -0.15) is 4.98 Å². The number of benzene rings is 2. The van der Waals surface area contributed by atoms with Crippen molar-refractivity contribution in [1.82, 2.24) is 9.97 Å². The monoisotopic (exact) mass is 443 g/mol. The first-order chi connectivity index (χ1) is 14.3. The Labute approximate surface area is 181 Å². The summed E-state index contributed by atoms with van der Waals surface area (Å²) >= 11 is 12.5. The molecule has 0 aliphatic carbocycles. The van der Waals surface area contributed by atoms with Gasteiger partial charge in [0, 0.05) is 24.5 Å². The van der Waals surface area contributed by atoms with E-state index in [1.807, 2.05) is 0 Å². The molecule has 152 valence electrons. The number of urea groups is 1. The van der Waals surface area contributed by atoms with Crippen molar-refractivity contribution in [3.8, 4) is 0 Å². The molecular weight excluding hydrogens is 429 g/mol. The first-order valence-corrected chi connectivity index (χ1v) is 9.56. The standard InChI is InChI=1S/C20H15Cl2N5O3/c1-26-17-12(10-27(20(26)30)16-14(21)6-3-7-15(16)22)9-23-19(25-17)24-13-5-2-4-11(8-13)18(28)29/h2-9H,10H2,1H3,(H,28,29)(H,23,24,25). The highest BCUT2D eigenvalue weighted by Crippen LogP contribution is 2.38. The number of carboxylic acid groups (broad SMARTS) is 1. The summed E-state index contributed by atoms with van der Waals surface area (Å²) in [4.78, 5) is 35.7. The third-order valence-corrected chi connectivity index (χ3v) is 5.19. The number of carboxylic acids is 1. The average molecular weight is 444 g/mol. The van der Waals surface area contributed by atoms with Crippen LogP contribution in [0.5, 0.6) is 0 Å². The summed E-state index contributed by atoms with van der Waals surface area (Å²) in [6.07, 6.45) is 1.60. The van der Waals surface area contributed by atoms with E-state index >= 15 is 0 Å². The van der Waals surface area contributed by atoms with Crippen LogP contribution in [0, 0.1) is 0 Å². The molecule has 1 aliphatic heterocycles. The number of halogens is 2. The molecule has 8 nitrogen and oxygen atoms in total. The van der Waals surface area contributed by atoms with E-state index < -0.39 is 5.97 Å². The SMILES string of the molecule is CN1C(=O)N(c2c(Cl)cccc2Cl)Cc2cnc(Nc3cccc(C(=O)O)c3)nc21. The summed E-state index contributed by atoms with van der Waals surface area (Å²) in [7, 11) is 1.60. The number of aromatic nitrogens is 2. The number of hydrogen-bond acceptors (Lipinski definition) is 5. The number of carbonyl (C=O) groups excluding carboxylic acids is 1. The number of nitrogens with one attached hydrogen (secondary N) is 1. The van der Waals surface area contributed by atoms with Gasteiger partial charge >= 0.3 is 12.0 Å². The van der Waals surface area contributed by atoms with Crippen molar-refractivity contribution in [2.24, 2.45) is 0 Å². The molecule has 0 fully saturated rings. The highest BCUT2D eigenvalue weighted by Gasteiger charge is 2.32. The number of nitrogens with zero attached hydrogens (tertiary/aromatic N) is 4. The van der Waals surface area contributed by atoms with Gasteiger partial charge in [0.2, 0.25) is 5.95 Å². The molecule has 0 saturated heterocycles. The smallest absolute Gasteiger partial charge is 0.335 e. The van der Waals surface area contributed by atoms with Gasteiger partial charge < -0.3 is 10.4 Å². The Hall–Kier alpha value is -3.36. The lowest BCUT2D eigenvalue weighted by Gasteiger charge is -2.34. The molecule has 0 atom stereocenters. The van der Waals surface area contributed by atoms with Gasteiger partial charge in [0.25, 0.3) is 0 Å². The fourth-order valence-electron chi connectivity index (χ4n) is 3.15. The topological polar surface area (TPSA) is 98.7 Å². The molecule has 4 rings (SSSR count). The number of amides is 2. The third kappa shape index (κ3) is 3.62. The minimum absolute atomic E-state index is 0.137. The van der Waals surface area contributed by atoms with Crippen LogP contribution < -0.4 is 15.1 Å². The lowest BCUT2D eigenvalue weighted by atomic mass is 10.2. The van der Waals surface area contributed by atoms with Gasteiger partial charge in [-0.1, -0.05) is 35.3 Å². The van der Waals surface area contributed by atoms with Crippen LogP contribution in [0.4, 0.5) is 27.9 Å². The molecule has 0 unspecified atom stereocenters. The van der Waals surface area contributed by atoms with Crippen molar-refractivity contribution in [2.45, 2.75) is 6.54 Å². The first kappa shape index (κ1) is 19.9. The van der Waals surface area contributed by atoms with Crippen LogP contribution >= 0.6 is 23.2 Å². The van der Waals surface area contributed by atoms with Gasteiger partial charge in [-0.15, -0.1) is 0 Å². The first-order valence-electron chi connectivity index (χ1n) is 8.80. The number of hydrogen-bond donors (Lipinski definition) is 2. The van der Waals surface area contributed by atoms with Gasteiger partial charge in [-0.05, 0) is 30.3 Å². The van der Waals surface area contributed by atoms with Crippen LogP contribution in [-0.4, -0.2) is 34.1 Å². The van der Waals surface area contributed by atoms with Crippen LogP contribution in [-0.2, 0) is 6.54 Å². The minimum Gasteiger partial charge on any atom is -0.478 e. The Morgan fingerprint density at radius 2 is 1.87 bits per heavy atom. The number of para-hydroxylation sites is 1. The molecule has 0 spiro atoms. The summed E-state index contributed by atoms with van der Waals surface area (Å²) in [6, 6.07) is 11.0. The summed E-state index contributed by atoms with van der Waals surface area (Å²) in [6.45, 7) is 0.205. The van der Waals surface area contributed by atoms with Crippen molar-refractivity contribution in [2.75, 3.05) is 22.2 Å². The van der Waals surface area contributed by atoms with Gasteiger partial charge in [0.1, 0.15) is 5.82 Å². The van der Waals surface area contributed by atoms with E-state index in [9.17, 15) is 9.59 Å². The number of anilines is 4. The van der Waals surface area contributed by atoms with Gasteiger partial charge in [-0.3, -0.25) is 9.80 Å². The van der Waals surface area contributed by atoms with E-state index in [2.05, 4.69) is 15.3 Å². The molecule has 0 saturated carbocycles. The van der Waals surface area contributed by atoms with Crippen LogP contribution in [0.25, 0.3) is 0 Å². The fraction of sp³-hybridized carbons (Fsp3) is 0.100. The number of rotatable bonds is 4. The van der Waals surface area contributed by atoms with Crippen molar-refractivity contribution >= 4 is 58.3 Å². The normalized spacial score (nSPS) is 13.2. The maximum absolute atomic E-state index is 13.0. The molecule has 10 heteroatoms. The number of carbonyl (C=O) groups is 2. The zero-order chi connectivity index (χ0) is 21.4. The quantitative estimate of drug-likeness (QED) is 0.600. The highest BCUT2D eigenvalue weighted by atomic mass is 35.5. The molecule has 1 aromatic heterocycles. The zero-order valence-electron chi connectivity index (χ0n) is 15.6. The Morgan fingerprint density at radius 1 is 1.17 bits per heavy atom. The van der Waals surface area contributed by atoms with Gasteiger partial charge in [0.05, 0.1) is 27.8 Å². The Kier molecular flexibility index (Phi) is 5.19. The minimum atomic E-state index is -1.03. The molecular formula is C20H15Cl2N5O3. The molecule has 0 radical (unpaired) electrons. The summed E-state index contributed by atoms with van der Waals surface area (Å²) in [5, 5.41) is 12.8. The second-order valence-corrected chi connectivity index (χ2v) is 7.37. The maximum Gasteiger partial charge on any atom is 0.335 e. The van der Waals surface area contributed by atoms with Crippen molar-refractivity contribution in [1.29, 1.82) is 0 Å². The van der Waals surface area contributed by atoms with Crippen LogP contribution in [0.3, 0.4) is 0 Å². The highest BCUT2D eigenvalue weighted by molar-refractivity contribution is 6.40. The molecule has 1 aliphatic rings. The second kappa shape index (κ2) is 7.81. The largest absolute Gasteiger partial charge is 0.478 e. The van der Waals surface area contributed by atoms with Crippen LogP contribution in [0.1, 0.15) is 15.9 Å². The molecule has 30 heavy (non-hydrogen) atoms. The molecule has 2 heterocycles. The van der Waals surface area contributed by atoms with E-state index in [-0.39, 0.29) is 24.1 Å². The van der Waals surface area contributed by atoms with E-state index in [1.165, 1.54) is 21.9 Å².